The summed E-state index contributed by atoms with van der Waals surface area (Å²) in [6.45, 7) is 1.43. The quantitative estimate of drug-likeness (QED) is 0.863. The second-order valence-electron chi connectivity index (χ2n) is 7.30. The molecule has 1 saturated heterocycles. The summed E-state index contributed by atoms with van der Waals surface area (Å²) in [5, 5.41) is 10.0. The summed E-state index contributed by atoms with van der Waals surface area (Å²) >= 11 is 0. The summed E-state index contributed by atoms with van der Waals surface area (Å²) in [7, 11) is 1.54. The van der Waals surface area contributed by atoms with E-state index >= 15 is 0 Å². The van der Waals surface area contributed by atoms with Crippen LogP contribution in [-0.4, -0.2) is 47.4 Å². The van der Waals surface area contributed by atoms with Crippen molar-refractivity contribution in [1.82, 2.24) is 9.97 Å². The molecule has 3 N–H and O–H groups in total. The zero-order valence-electron chi connectivity index (χ0n) is 14.3. The average molecular weight is 346 g/mol. The molecule has 7 heteroatoms. The molecule has 2 fully saturated rings. The number of nitrogens with two attached hydrogens (primary N) is 1. The van der Waals surface area contributed by atoms with E-state index in [4.69, 9.17) is 10.5 Å². The maximum atomic E-state index is 14.6. The van der Waals surface area contributed by atoms with Crippen molar-refractivity contribution in [2.24, 2.45) is 11.1 Å². The molecule has 1 saturated carbocycles. The van der Waals surface area contributed by atoms with Crippen LogP contribution >= 0.6 is 0 Å². The Kier molecular flexibility index (Phi) is 4.00. The minimum Gasteiger partial charge on any atom is -0.481 e. The molecule has 2 atom stereocenters. The first-order valence-electron chi connectivity index (χ1n) is 8.69. The first-order chi connectivity index (χ1) is 12.0. The second kappa shape index (κ2) is 6.07. The smallest absolute Gasteiger partial charge is 0.213 e. The molecular weight excluding hydrogens is 323 g/mol. The lowest BCUT2D eigenvalue weighted by Gasteiger charge is -2.40. The fraction of sp³-hybridized carbons (Fsp3) is 0.556. The number of aliphatic hydroxyl groups is 1. The highest BCUT2D eigenvalue weighted by molar-refractivity contribution is 5.88. The largest absolute Gasteiger partial charge is 0.481 e. The number of hydrogen-bond acceptors (Lipinski definition) is 6. The molecular formula is C18H23FN4O2. The van der Waals surface area contributed by atoms with Crippen LogP contribution in [0, 0.1) is 11.2 Å². The molecule has 0 aromatic carbocycles. The molecule has 2 aliphatic rings. The summed E-state index contributed by atoms with van der Waals surface area (Å²) in [5.74, 6) is 0.0758. The molecule has 1 aliphatic heterocycles. The van der Waals surface area contributed by atoms with Crippen LogP contribution < -0.4 is 15.4 Å². The molecule has 3 heterocycles. The van der Waals surface area contributed by atoms with E-state index in [2.05, 4.69) is 9.97 Å². The van der Waals surface area contributed by atoms with Crippen LogP contribution in [-0.2, 0) is 0 Å². The molecule has 1 spiro atoms. The number of ether oxygens (including phenoxy) is 1. The van der Waals surface area contributed by atoms with Gasteiger partial charge in [-0.15, -0.1) is 0 Å². The van der Waals surface area contributed by atoms with Gasteiger partial charge in [-0.3, -0.25) is 4.98 Å². The second-order valence-corrected chi connectivity index (χ2v) is 7.30. The summed E-state index contributed by atoms with van der Waals surface area (Å²) in [4.78, 5) is 10.6. The molecule has 2 aromatic heterocycles. The standard InChI is InChI=1S/C18H23FN4O2/c1-25-15-3-2-13-16(22-15)17(11(19)10-21-13)23-6-4-18(5-7-23)8-12(20)14(24)9-18/h2-3,10,12,14,24H,4-9,20H2,1H3/t12-,14+/m0/s1. The third kappa shape index (κ3) is 2.81. The minimum atomic E-state index is -0.420. The summed E-state index contributed by atoms with van der Waals surface area (Å²) in [5.41, 5.74) is 7.75. The predicted octanol–water partition coefficient (Wildman–Crippen LogP) is 1.85. The number of hydrogen-bond donors (Lipinski definition) is 2. The molecule has 0 radical (unpaired) electrons. The van der Waals surface area contributed by atoms with Gasteiger partial charge in [0.05, 0.1) is 24.9 Å². The highest BCUT2D eigenvalue weighted by atomic mass is 19.1. The summed E-state index contributed by atoms with van der Waals surface area (Å²) in [6, 6.07) is 3.38. The fourth-order valence-electron chi connectivity index (χ4n) is 4.35. The Morgan fingerprint density at radius 1 is 1.32 bits per heavy atom. The third-order valence-corrected chi connectivity index (χ3v) is 5.77. The van der Waals surface area contributed by atoms with Crippen molar-refractivity contribution >= 4 is 16.7 Å². The number of nitrogens with zero attached hydrogens (tertiary/aromatic N) is 3. The van der Waals surface area contributed by atoms with E-state index in [0.29, 0.717) is 35.7 Å². The first kappa shape index (κ1) is 16.5. The number of halogens is 1. The van der Waals surface area contributed by atoms with Crippen molar-refractivity contribution < 1.29 is 14.2 Å². The van der Waals surface area contributed by atoms with Crippen LogP contribution in [0.1, 0.15) is 25.7 Å². The van der Waals surface area contributed by atoms with E-state index in [9.17, 15) is 9.50 Å². The number of rotatable bonds is 2. The van der Waals surface area contributed by atoms with Crippen LogP contribution in [0.15, 0.2) is 18.3 Å². The summed E-state index contributed by atoms with van der Waals surface area (Å²) < 4.78 is 19.8. The first-order valence-corrected chi connectivity index (χ1v) is 8.69. The third-order valence-electron chi connectivity index (χ3n) is 5.77. The zero-order chi connectivity index (χ0) is 17.6. The van der Waals surface area contributed by atoms with E-state index in [-0.39, 0.29) is 17.3 Å². The number of aliphatic hydroxyl groups excluding tert-OH is 1. The lowest BCUT2D eigenvalue weighted by atomic mass is 9.76. The Hall–Kier alpha value is -1.99. The highest BCUT2D eigenvalue weighted by Crippen LogP contribution is 2.47. The Morgan fingerprint density at radius 3 is 2.72 bits per heavy atom. The molecule has 1 aliphatic carbocycles. The van der Waals surface area contributed by atoms with Crippen LogP contribution in [0.5, 0.6) is 5.88 Å². The van der Waals surface area contributed by atoms with Gasteiger partial charge in [-0.05, 0) is 37.2 Å². The van der Waals surface area contributed by atoms with Crippen molar-refractivity contribution in [1.29, 1.82) is 0 Å². The van der Waals surface area contributed by atoms with Crippen LogP contribution in [0.25, 0.3) is 11.0 Å². The van der Waals surface area contributed by atoms with E-state index in [1.54, 1.807) is 19.2 Å². The lowest BCUT2D eigenvalue weighted by Crippen LogP contribution is -2.40. The molecule has 0 amide bonds. The van der Waals surface area contributed by atoms with Gasteiger partial charge in [0.1, 0.15) is 11.2 Å². The monoisotopic (exact) mass is 346 g/mol. The number of fused-ring (bicyclic) bond motifs is 1. The van der Waals surface area contributed by atoms with Crippen molar-refractivity contribution in [3.05, 3.63) is 24.1 Å². The normalized spacial score (nSPS) is 25.7. The Balaban J connectivity index is 1.64. The molecule has 2 aromatic rings. The molecule has 6 nitrogen and oxygen atoms in total. The number of methoxy groups -OCH3 is 1. The SMILES string of the molecule is COc1ccc2ncc(F)c(N3CCC4(CC3)C[C@@H](O)[C@@H](N)C4)c2n1. The van der Waals surface area contributed by atoms with Gasteiger partial charge in [0, 0.05) is 25.2 Å². The number of piperidine rings is 1. The molecule has 25 heavy (non-hydrogen) atoms. The average Bonchev–Trinajstić information content (AvgIpc) is 2.89. The highest BCUT2D eigenvalue weighted by Gasteiger charge is 2.45. The Labute approximate surface area is 145 Å². The van der Waals surface area contributed by atoms with Crippen LogP contribution in [0.2, 0.25) is 0 Å². The van der Waals surface area contributed by atoms with E-state index in [0.717, 1.165) is 25.7 Å². The van der Waals surface area contributed by atoms with Gasteiger partial charge < -0.3 is 20.5 Å². The topological polar surface area (TPSA) is 84.5 Å². The van der Waals surface area contributed by atoms with Gasteiger partial charge >= 0.3 is 0 Å². The minimum absolute atomic E-state index is 0.0831. The molecule has 4 rings (SSSR count). The Bertz CT molecular complexity index is 780. The van der Waals surface area contributed by atoms with Gasteiger partial charge in [-0.25, -0.2) is 9.37 Å². The van der Waals surface area contributed by atoms with Crippen molar-refractivity contribution in [2.75, 3.05) is 25.1 Å². The molecule has 0 bridgehead atoms. The molecule has 134 valence electrons. The van der Waals surface area contributed by atoms with Crippen LogP contribution in [0.3, 0.4) is 0 Å². The zero-order valence-corrected chi connectivity index (χ0v) is 14.3. The lowest BCUT2D eigenvalue weighted by molar-refractivity contribution is 0.138. The number of anilines is 1. The van der Waals surface area contributed by atoms with Crippen LogP contribution in [0.4, 0.5) is 10.1 Å². The van der Waals surface area contributed by atoms with E-state index in [1.807, 2.05) is 4.90 Å². The van der Waals surface area contributed by atoms with Gasteiger partial charge in [0.25, 0.3) is 0 Å². The van der Waals surface area contributed by atoms with Crippen molar-refractivity contribution in [3.8, 4) is 5.88 Å². The number of aromatic nitrogens is 2. The van der Waals surface area contributed by atoms with Crippen molar-refractivity contribution in [3.63, 3.8) is 0 Å². The predicted molar refractivity (Wildman–Crippen MR) is 93.1 cm³/mol. The maximum absolute atomic E-state index is 14.6. The van der Waals surface area contributed by atoms with Gasteiger partial charge in [-0.1, -0.05) is 0 Å². The summed E-state index contributed by atoms with van der Waals surface area (Å²) in [6.07, 6.45) is 4.21. The molecule has 0 unspecified atom stereocenters. The van der Waals surface area contributed by atoms with Gasteiger partial charge in [0.15, 0.2) is 5.82 Å². The number of pyridine rings is 2. The Morgan fingerprint density at radius 2 is 2.08 bits per heavy atom. The fourth-order valence-corrected chi connectivity index (χ4v) is 4.35. The van der Waals surface area contributed by atoms with Crippen molar-refractivity contribution in [2.45, 2.75) is 37.8 Å². The van der Waals surface area contributed by atoms with E-state index in [1.165, 1.54) is 6.20 Å². The van der Waals surface area contributed by atoms with E-state index < -0.39 is 6.10 Å². The maximum Gasteiger partial charge on any atom is 0.213 e. The van der Waals surface area contributed by atoms with Gasteiger partial charge in [0.2, 0.25) is 5.88 Å². The van der Waals surface area contributed by atoms with Gasteiger partial charge in [-0.2, -0.15) is 0 Å².